The number of halogens is 3. The molecule has 1 amide bonds. The number of anilines is 1. The summed E-state index contributed by atoms with van der Waals surface area (Å²) in [6.07, 6.45) is -1.70. The van der Waals surface area contributed by atoms with Crippen LogP contribution in [0, 0.1) is 6.92 Å². The third kappa shape index (κ3) is 5.59. The van der Waals surface area contributed by atoms with Crippen LogP contribution in [0.25, 0.3) is 11.1 Å². The number of carbonyl (C=O) groups excluding carboxylic acids is 1. The first-order valence-corrected chi connectivity index (χ1v) is 9.69. The Kier molecular flexibility index (Phi) is 7.17. The predicted octanol–water partition coefficient (Wildman–Crippen LogP) is 5.22. The first kappa shape index (κ1) is 23.6. The van der Waals surface area contributed by atoms with E-state index in [2.05, 4.69) is 20.6 Å². The molecule has 0 bridgehead atoms. The maximum atomic E-state index is 13.3. The highest BCUT2D eigenvalue weighted by Gasteiger charge is 2.37. The number of nitrogens with zero attached hydrogens (tertiary/aromatic N) is 2. The van der Waals surface area contributed by atoms with Crippen molar-refractivity contribution < 1.29 is 27.6 Å². The predicted molar refractivity (Wildman–Crippen MR) is 120 cm³/mol. The lowest BCUT2D eigenvalue weighted by Crippen LogP contribution is -2.18. The van der Waals surface area contributed by atoms with Crippen molar-refractivity contribution in [2.75, 3.05) is 19.5 Å². The number of aromatic nitrogens is 1. The summed E-state index contributed by atoms with van der Waals surface area (Å²) in [5.74, 6) is -0.871. The summed E-state index contributed by atoms with van der Waals surface area (Å²) in [6.45, 7) is 1.46. The maximum absolute atomic E-state index is 13.3. The van der Waals surface area contributed by atoms with Crippen LogP contribution >= 0.6 is 0 Å². The number of benzene rings is 2. The summed E-state index contributed by atoms with van der Waals surface area (Å²) in [4.78, 5) is 24.5. The molecule has 172 valence electrons. The Balaban J connectivity index is 2.00. The second kappa shape index (κ2) is 10.0. The lowest BCUT2D eigenvalue weighted by molar-refractivity contribution is -0.141. The maximum Gasteiger partial charge on any atom is 0.432 e. The number of amides is 1. The van der Waals surface area contributed by atoms with Gasteiger partial charge in [-0.05, 0) is 30.7 Å². The van der Waals surface area contributed by atoms with Gasteiger partial charge >= 0.3 is 6.18 Å². The zero-order valence-electron chi connectivity index (χ0n) is 18.0. The molecule has 0 aliphatic heterocycles. The summed E-state index contributed by atoms with van der Waals surface area (Å²) >= 11 is 0. The molecule has 3 aromatic rings. The van der Waals surface area contributed by atoms with Gasteiger partial charge in [-0.25, -0.2) is 0 Å². The molecule has 2 aromatic carbocycles. The standard InChI is InChI=1S/C23H21F3N4O3/c1-14-10-19(21(29-14)23(24,25)26)22(31)30-20-7-5-4-6-18(20)15-8-9-16(12-27-32-2)17(11-15)13-28-33-3/h4-13,29H,1-3H3,(H,30,31)/b27-12-,28-13+. The Labute approximate surface area is 187 Å². The molecule has 0 unspecified atom stereocenters. The number of rotatable bonds is 7. The van der Waals surface area contributed by atoms with E-state index >= 15 is 0 Å². The lowest BCUT2D eigenvalue weighted by atomic mass is 9.98. The number of para-hydroxylation sites is 1. The van der Waals surface area contributed by atoms with Crippen molar-refractivity contribution in [1.82, 2.24) is 4.98 Å². The highest BCUT2D eigenvalue weighted by molar-refractivity contribution is 6.07. The number of aryl methyl sites for hydroxylation is 1. The Morgan fingerprint density at radius 3 is 2.33 bits per heavy atom. The average molecular weight is 458 g/mol. The second-order valence-electron chi connectivity index (χ2n) is 6.92. The highest BCUT2D eigenvalue weighted by Crippen LogP contribution is 2.33. The van der Waals surface area contributed by atoms with Crippen LogP contribution in [-0.2, 0) is 15.9 Å². The van der Waals surface area contributed by atoms with Gasteiger partial charge < -0.3 is 20.0 Å². The van der Waals surface area contributed by atoms with E-state index in [0.717, 1.165) is 0 Å². The summed E-state index contributed by atoms with van der Waals surface area (Å²) in [7, 11) is 2.83. The minimum absolute atomic E-state index is 0.233. The third-order valence-electron chi connectivity index (χ3n) is 4.65. The fourth-order valence-electron chi connectivity index (χ4n) is 3.22. The van der Waals surface area contributed by atoms with Gasteiger partial charge in [0.25, 0.3) is 5.91 Å². The van der Waals surface area contributed by atoms with Crippen molar-refractivity contribution in [2.45, 2.75) is 13.1 Å². The molecular formula is C23H21F3N4O3. The number of aromatic amines is 1. The molecule has 0 saturated carbocycles. The van der Waals surface area contributed by atoms with Gasteiger partial charge in [-0.3, -0.25) is 4.79 Å². The Hall–Kier alpha value is -4.08. The van der Waals surface area contributed by atoms with Gasteiger partial charge in [0.1, 0.15) is 19.9 Å². The summed E-state index contributed by atoms with van der Waals surface area (Å²) in [6, 6.07) is 13.3. The van der Waals surface area contributed by atoms with E-state index in [1.54, 1.807) is 42.5 Å². The molecule has 7 nitrogen and oxygen atoms in total. The van der Waals surface area contributed by atoms with E-state index in [9.17, 15) is 18.0 Å². The number of alkyl halides is 3. The van der Waals surface area contributed by atoms with Crippen molar-refractivity contribution in [2.24, 2.45) is 10.3 Å². The number of carbonyl (C=O) groups is 1. The van der Waals surface area contributed by atoms with Crippen LogP contribution < -0.4 is 5.32 Å². The molecule has 1 aromatic heterocycles. The summed E-state index contributed by atoms with van der Waals surface area (Å²) < 4.78 is 40.0. The zero-order chi connectivity index (χ0) is 24.0. The van der Waals surface area contributed by atoms with Crippen molar-refractivity contribution in [3.8, 4) is 11.1 Å². The van der Waals surface area contributed by atoms with Crippen LogP contribution in [0.4, 0.5) is 18.9 Å². The molecule has 33 heavy (non-hydrogen) atoms. The fourth-order valence-corrected chi connectivity index (χ4v) is 3.22. The van der Waals surface area contributed by atoms with E-state index in [1.807, 2.05) is 0 Å². The minimum Gasteiger partial charge on any atom is -0.399 e. The molecule has 0 radical (unpaired) electrons. The quantitative estimate of drug-likeness (QED) is 0.376. The van der Waals surface area contributed by atoms with Crippen molar-refractivity contribution in [1.29, 1.82) is 0 Å². The largest absolute Gasteiger partial charge is 0.432 e. The van der Waals surface area contributed by atoms with Crippen LogP contribution in [0.5, 0.6) is 0 Å². The van der Waals surface area contributed by atoms with Gasteiger partial charge in [-0.1, -0.05) is 40.6 Å². The lowest BCUT2D eigenvalue weighted by Gasteiger charge is -2.13. The van der Waals surface area contributed by atoms with Gasteiger partial charge in [0.2, 0.25) is 0 Å². The average Bonchev–Trinajstić information content (AvgIpc) is 3.19. The second-order valence-corrected chi connectivity index (χ2v) is 6.92. The zero-order valence-corrected chi connectivity index (χ0v) is 18.0. The smallest absolute Gasteiger partial charge is 0.399 e. The van der Waals surface area contributed by atoms with Gasteiger partial charge in [0, 0.05) is 28.1 Å². The molecule has 0 atom stereocenters. The first-order valence-electron chi connectivity index (χ1n) is 9.69. The molecule has 0 fully saturated rings. The van der Waals surface area contributed by atoms with Crippen molar-refractivity contribution in [3.63, 3.8) is 0 Å². The first-order chi connectivity index (χ1) is 15.7. The van der Waals surface area contributed by atoms with Crippen molar-refractivity contribution >= 4 is 24.0 Å². The highest BCUT2D eigenvalue weighted by atomic mass is 19.4. The number of nitrogens with one attached hydrogen (secondary N) is 2. The molecule has 3 rings (SSSR count). The molecular weight excluding hydrogens is 437 g/mol. The van der Waals surface area contributed by atoms with E-state index < -0.39 is 23.3 Å². The Morgan fingerprint density at radius 2 is 1.67 bits per heavy atom. The molecule has 0 aliphatic carbocycles. The van der Waals surface area contributed by atoms with Crippen molar-refractivity contribution in [3.05, 3.63) is 76.6 Å². The topological polar surface area (TPSA) is 88.1 Å². The van der Waals surface area contributed by atoms with E-state index in [4.69, 9.17) is 9.68 Å². The number of H-pyrrole nitrogens is 1. The molecule has 0 spiro atoms. The SMILES string of the molecule is CO/N=C\c1ccc(-c2ccccc2NC(=O)c2cc(C)[nH]c2C(F)(F)F)cc1/C=N/OC. The minimum atomic E-state index is -4.68. The van der Waals surface area contributed by atoms with Gasteiger partial charge in [0.05, 0.1) is 18.0 Å². The third-order valence-corrected chi connectivity index (χ3v) is 4.65. The molecule has 2 N–H and O–H groups in total. The van der Waals surface area contributed by atoms with Crippen LogP contribution in [0.3, 0.4) is 0 Å². The van der Waals surface area contributed by atoms with Gasteiger partial charge in [0.15, 0.2) is 0 Å². The Bertz CT molecular complexity index is 1200. The van der Waals surface area contributed by atoms with E-state index in [1.165, 1.54) is 39.6 Å². The molecule has 0 saturated heterocycles. The Morgan fingerprint density at radius 1 is 1.00 bits per heavy atom. The molecule has 10 heteroatoms. The number of hydrogen-bond acceptors (Lipinski definition) is 5. The number of oxime groups is 2. The monoisotopic (exact) mass is 458 g/mol. The van der Waals surface area contributed by atoms with E-state index in [0.29, 0.717) is 27.9 Å². The van der Waals surface area contributed by atoms with E-state index in [-0.39, 0.29) is 5.69 Å². The number of hydrogen-bond donors (Lipinski definition) is 2. The van der Waals surface area contributed by atoms with Gasteiger partial charge in [-0.15, -0.1) is 0 Å². The normalized spacial score (nSPS) is 11.8. The summed E-state index contributed by atoms with van der Waals surface area (Å²) in [5, 5.41) is 10.1. The van der Waals surface area contributed by atoms with Crippen LogP contribution in [0.2, 0.25) is 0 Å². The molecule has 0 aliphatic rings. The van der Waals surface area contributed by atoms with Gasteiger partial charge in [-0.2, -0.15) is 13.2 Å². The molecule has 1 heterocycles. The van der Waals surface area contributed by atoms with Crippen LogP contribution in [0.1, 0.15) is 32.9 Å². The fraction of sp³-hybridized carbons (Fsp3) is 0.174. The summed E-state index contributed by atoms with van der Waals surface area (Å²) in [5.41, 5.74) is 1.66. The van der Waals surface area contributed by atoms with Crippen LogP contribution in [-0.4, -0.2) is 37.5 Å². The van der Waals surface area contributed by atoms with Crippen LogP contribution in [0.15, 0.2) is 58.8 Å².